The predicted molar refractivity (Wildman–Crippen MR) is 89.6 cm³/mol. The first-order valence-electron chi connectivity index (χ1n) is 8.19. The number of carbonyl (C=O) groups excluding carboxylic acids is 1. The van der Waals surface area contributed by atoms with Gasteiger partial charge in [0.1, 0.15) is 24.2 Å². The van der Waals surface area contributed by atoms with E-state index in [1.165, 1.54) is 0 Å². The zero-order chi connectivity index (χ0) is 16.4. The minimum atomic E-state index is -0.0865. The Kier molecular flexibility index (Phi) is 4.09. The molecule has 0 saturated carbocycles. The van der Waals surface area contributed by atoms with Crippen LogP contribution in [-0.4, -0.2) is 38.4 Å². The van der Waals surface area contributed by atoms with E-state index in [0.29, 0.717) is 31.1 Å². The summed E-state index contributed by atoms with van der Waals surface area (Å²) in [5, 5.41) is 2.81. The van der Waals surface area contributed by atoms with Crippen molar-refractivity contribution in [3.8, 4) is 22.6 Å². The van der Waals surface area contributed by atoms with Crippen molar-refractivity contribution in [1.29, 1.82) is 0 Å². The molecule has 5 heteroatoms. The molecule has 2 aromatic rings. The molecule has 0 radical (unpaired) electrons. The Morgan fingerprint density at radius 1 is 1.04 bits per heavy atom. The lowest BCUT2D eigenvalue weighted by Gasteiger charge is -2.13. The Balaban J connectivity index is 1.55. The smallest absolute Gasteiger partial charge is 0.255 e. The number of rotatable bonds is 3. The lowest BCUT2D eigenvalue weighted by Crippen LogP contribution is -2.24. The summed E-state index contributed by atoms with van der Waals surface area (Å²) >= 11 is 0. The van der Waals surface area contributed by atoms with Gasteiger partial charge in [-0.15, -0.1) is 0 Å². The maximum atomic E-state index is 11.9. The van der Waals surface area contributed by atoms with Gasteiger partial charge in [0.15, 0.2) is 0 Å². The van der Waals surface area contributed by atoms with Crippen LogP contribution < -0.4 is 14.8 Å². The van der Waals surface area contributed by atoms with Crippen molar-refractivity contribution >= 4 is 5.91 Å². The van der Waals surface area contributed by atoms with Crippen LogP contribution in [0.4, 0.5) is 0 Å². The van der Waals surface area contributed by atoms with Gasteiger partial charge in [0.2, 0.25) is 0 Å². The monoisotopic (exact) mass is 325 g/mol. The summed E-state index contributed by atoms with van der Waals surface area (Å²) in [5.41, 5.74) is 2.65. The molecule has 2 heterocycles. The normalized spacial score (nSPS) is 19.8. The molecule has 1 unspecified atom stereocenters. The van der Waals surface area contributed by atoms with Crippen LogP contribution >= 0.6 is 0 Å². The van der Waals surface area contributed by atoms with Gasteiger partial charge in [-0.05, 0) is 35.4 Å². The summed E-state index contributed by atoms with van der Waals surface area (Å²) in [6.07, 6.45) is 1.08. The molecule has 2 aromatic carbocycles. The van der Waals surface area contributed by atoms with E-state index >= 15 is 0 Å². The number of hydrogen-bond acceptors (Lipinski definition) is 4. The predicted octanol–water partition coefficient (Wildman–Crippen LogP) is 2.64. The standard InChI is InChI=1S/C19H19NO4/c21-19-17-6-3-14(11-18(17)23-10-8-20-19)13-1-4-15(5-2-13)24-16-7-9-22-12-16/h1-6,11,16H,7-10,12H2,(H,20,21). The van der Waals surface area contributed by atoms with E-state index < -0.39 is 0 Å². The molecule has 124 valence electrons. The van der Waals surface area contributed by atoms with E-state index in [1.807, 2.05) is 42.5 Å². The van der Waals surface area contributed by atoms with Gasteiger partial charge in [-0.25, -0.2) is 0 Å². The highest BCUT2D eigenvalue weighted by Gasteiger charge is 2.18. The fourth-order valence-electron chi connectivity index (χ4n) is 2.95. The lowest BCUT2D eigenvalue weighted by molar-refractivity contribution is 0.0957. The van der Waals surface area contributed by atoms with Gasteiger partial charge < -0.3 is 19.5 Å². The highest BCUT2D eigenvalue weighted by atomic mass is 16.5. The minimum Gasteiger partial charge on any atom is -0.491 e. The Morgan fingerprint density at radius 2 is 1.88 bits per heavy atom. The molecule has 2 aliphatic rings. The SMILES string of the molecule is O=C1NCCOc2cc(-c3ccc(OC4CCOC4)cc3)ccc21. The number of hydrogen-bond donors (Lipinski definition) is 1. The summed E-state index contributed by atoms with van der Waals surface area (Å²) in [4.78, 5) is 11.9. The van der Waals surface area contributed by atoms with E-state index in [1.54, 1.807) is 0 Å². The average Bonchev–Trinajstić information content (AvgIpc) is 3.05. The molecule has 0 spiro atoms. The fraction of sp³-hybridized carbons (Fsp3) is 0.316. The maximum absolute atomic E-state index is 11.9. The second kappa shape index (κ2) is 6.53. The molecular weight excluding hydrogens is 306 g/mol. The van der Waals surface area contributed by atoms with Crippen molar-refractivity contribution in [2.45, 2.75) is 12.5 Å². The number of ether oxygens (including phenoxy) is 3. The van der Waals surface area contributed by atoms with Gasteiger partial charge in [0, 0.05) is 6.42 Å². The van der Waals surface area contributed by atoms with Gasteiger partial charge >= 0.3 is 0 Å². The molecule has 0 bridgehead atoms. The molecule has 2 aliphatic heterocycles. The molecular formula is C19H19NO4. The van der Waals surface area contributed by atoms with Crippen LogP contribution in [-0.2, 0) is 4.74 Å². The summed E-state index contributed by atoms with van der Waals surface area (Å²) in [6, 6.07) is 13.6. The van der Waals surface area contributed by atoms with Crippen molar-refractivity contribution < 1.29 is 19.0 Å². The molecule has 1 atom stereocenters. The number of benzene rings is 2. The topological polar surface area (TPSA) is 56.8 Å². The van der Waals surface area contributed by atoms with Crippen molar-refractivity contribution in [1.82, 2.24) is 5.32 Å². The van der Waals surface area contributed by atoms with Gasteiger partial charge in [0.25, 0.3) is 5.91 Å². The van der Waals surface area contributed by atoms with Crippen LogP contribution in [0.25, 0.3) is 11.1 Å². The Labute approximate surface area is 140 Å². The van der Waals surface area contributed by atoms with Gasteiger partial charge in [0.05, 0.1) is 25.3 Å². The van der Waals surface area contributed by atoms with Crippen LogP contribution in [0.3, 0.4) is 0 Å². The van der Waals surface area contributed by atoms with Crippen LogP contribution in [0.1, 0.15) is 16.8 Å². The number of nitrogens with one attached hydrogen (secondary N) is 1. The van der Waals surface area contributed by atoms with Crippen LogP contribution in [0, 0.1) is 0 Å². The lowest BCUT2D eigenvalue weighted by atomic mass is 10.0. The van der Waals surface area contributed by atoms with E-state index in [4.69, 9.17) is 14.2 Å². The third kappa shape index (κ3) is 3.08. The zero-order valence-electron chi connectivity index (χ0n) is 13.3. The molecule has 0 aromatic heterocycles. The largest absolute Gasteiger partial charge is 0.491 e. The zero-order valence-corrected chi connectivity index (χ0v) is 13.3. The number of amides is 1. The molecule has 5 nitrogen and oxygen atoms in total. The summed E-state index contributed by atoms with van der Waals surface area (Å²) < 4.78 is 16.9. The Morgan fingerprint density at radius 3 is 2.67 bits per heavy atom. The van der Waals surface area contributed by atoms with Crippen LogP contribution in [0.5, 0.6) is 11.5 Å². The van der Waals surface area contributed by atoms with E-state index in [9.17, 15) is 4.79 Å². The minimum absolute atomic E-state index is 0.0865. The second-order valence-electron chi connectivity index (χ2n) is 5.94. The highest BCUT2D eigenvalue weighted by molar-refractivity contribution is 5.98. The van der Waals surface area contributed by atoms with Gasteiger partial charge in [-0.1, -0.05) is 18.2 Å². The Bertz CT molecular complexity index is 736. The van der Waals surface area contributed by atoms with E-state index in [0.717, 1.165) is 29.9 Å². The molecule has 24 heavy (non-hydrogen) atoms. The summed E-state index contributed by atoms with van der Waals surface area (Å²) in [6.45, 7) is 2.44. The van der Waals surface area contributed by atoms with Gasteiger partial charge in [-0.2, -0.15) is 0 Å². The molecule has 1 N–H and O–H groups in total. The number of carbonyl (C=O) groups is 1. The Hall–Kier alpha value is -2.53. The summed E-state index contributed by atoms with van der Waals surface area (Å²) in [5.74, 6) is 1.39. The van der Waals surface area contributed by atoms with E-state index in [-0.39, 0.29) is 12.0 Å². The molecule has 1 amide bonds. The summed E-state index contributed by atoms with van der Waals surface area (Å²) in [7, 11) is 0. The quantitative estimate of drug-likeness (QED) is 0.942. The van der Waals surface area contributed by atoms with Crippen molar-refractivity contribution in [3.63, 3.8) is 0 Å². The average molecular weight is 325 g/mol. The third-order valence-corrected chi connectivity index (χ3v) is 4.25. The molecule has 1 fully saturated rings. The molecule has 1 saturated heterocycles. The maximum Gasteiger partial charge on any atom is 0.255 e. The first kappa shape index (κ1) is 15.0. The van der Waals surface area contributed by atoms with Crippen molar-refractivity contribution in [2.75, 3.05) is 26.4 Å². The first-order valence-corrected chi connectivity index (χ1v) is 8.19. The van der Waals surface area contributed by atoms with E-state index in [2.05, 4.69) is 5.32 Å². The second-order valence-corrected chi connectivity index (χ2v) is 5.94. The van der Waals surface area contributed by atoms with Crippen LogP contribution in [0.15, 0.2) is 42.5 Å². The van der Waals surface area contributed by atoms with Crippen molar-refractivity contribution in [2.24, 2.45) is 0 Å². The first-order chi connectivity index (χ1) is 11.8. The molecule has 0 aliphatic carbocycles. The molecule has 4 rings (SSSR count). The third-order valence-electron chi connectivity index (χ3n) is 4.25. The van der Waals surface area contributed by atoms with Gasteiger partial charge in [-0.3, -0.25) is 4.79 Å². The fourth-order valence-corrected chi connectivity index (χ4v) is 2.95. The van der Waals surface area contributed by atoms with Crippen LogP contribution in [0.2, 0.25) is 0 Å². The van der Waals surface area contributed by atoms with Crippen molar-refractivity contribution in [3.05, 3.63) is 48.0 Å². The highest BCUT2D eigenvalue weighted by Crippen LogP contribution is 2.29. The number of fused-ring (bicyclic) bond motifs is 1.